The molecule has 1 N–H and O–H groups in total. The average Bonchev–Trinajstić information content (AvgIpc) is 3.05. The lowest BCUT2D eigenvalue weighted by molar-refractivity contribution is -0.139. The van der Waals surface area contributed by atoms with Crippen LogP contribution in [0.2, 0.25) is 0 Å². The molecule has 0 aliphatic carbocycles. The molecule has 2 aliphatic rings. The molecular weight excluding hydrogens is 462 g/mol. The summed E-state index contributed by atoms with van der Waals surface area (Å²) in [6.45, 7) is 8.69. The minimum absolute atomic E-state index is 0.0565. The molecule has 1 aromatic rings. The van der Waals surface area contributed by atoms with Gasteiger partial charge in [0, 0.05) is 25.3 Å². The van der Waals surface area contributed by atoms with Crippen LogP contribution >= 0.6 is 0 Å². The van der Waals surface area contributed by atoms with E-state index in [-0.39, 0.29) is 23.4 Å². The number of methoxy groups -OCH3 is 2. The fraction of sp³-hybridized carbons (Fsp3) is 0.444. The molecular formula is C27H35N3O6. The lowest BCUT2D eigenvalue weighted by Gasteiger charge is -2.35. The number of nitrogens with zero attached hydrogens (tertiary/aromatic N) is 2. The zero-order valence-electron chi connectivity index (χ0n) is 21.8. The molecule has 1 saturated heterocycles. The van der Waals surface area contributed by atoms with E-state index in [0.717, 1.165) is 24.1 Å². The highest BCUT2D eigenvalue weighted by Gasteiger charge is 2.30. The molecule has 2 aliphatic heterocycles. The van der Waals surface area contributed by atoms with Crippen molar-refractivity contribution in [2.24, 2.45) is 0 Å². The van der Waals surface area contributed by atoms with Crippen LogP contribution in [0.3, 0.4) is 0 Å². The van der Waals surface area contributed by atoms with Crippen molar-refractivity contribution >= 4 is 29.4 Å². The second-order valence-corrected chi connectivity index (χ2v) is 9.72. The first-order valence-electron chi connectivity index (χ1n) is 11.9. The molecule has 194 valence electrons. The van der Waals surface area contributed by atoms with Crippen molar-refractivity contribution in [2.75, 3.05) is 37.5 Å². The molecule has 0 radical (unpaired) electrons. The van der Waals surface area contributed by atoms with Crippen molar-refractivity contribution in [1.82, 2.24) is 4.90 Å². The first-order valence-corrected chi connectivity index (χ1v) is 11.9. The van der Waals surface area contributed by atoms with Crippen molar-refractivity contribution in [3.05, 3.63) is 59.5 Å². The van der Waals surface area contributed by atoms with Gasteiger partial charge in [0.2, 0.25) is 0 Å². The topological polar surface area (TPSA) is 97.4 Å². The van der Waals surface area contributed by atoms with Crippen LogP contribution in [0.5, 0.6) is 0 Å². The number of rotatable bonds is 5. The molecule has 0 bridgehead atoms. The quantitative estimate of drug-likeness (QED) is 0.475. The highest BCUT2D eigenvalue weighted by atomic mass is 16.6. The Morgan fingerprint density at radius 2 is 1.67 bits per heavy atom. The maximum absolute atomic E-state index is 12.8. The predicted molar refractivity (Wildman–Crippen MR) is 137 cm³/mol. The Balaban J connectivity index is 1.88. The number of hydrogen-bond donors (Lipinski definition) is 1. The van der Waals surface area contributed by atoms with Crippen molar-refractivity contribution in [3.8, 4) is 0 Å². The van der Waals surface area contributed by atoms with E-state index in [1.165, 1.54) is 20.3 Å². The van der Waals surface area contributed by atoms with E-state index in [0.29, 0.717) is 18.8 Å². The van der Waals surface area contributed by atoms with Crippen LogP contribution in [0, 0.1) is 6.92 Å². The van der Waals surface area contributed by atoms with E-state index in [1.807, 2.05) is 45.9 Å². The molecule has 1 fully saturated rings. The molecule has 0 aromatic heterocycles. The average molecular weight is 498 g/mol. The van der Waals surface area contributed by atoms with E-state index in [9.17, 15) is 14.4 Å². The van der Waals surface area contributed by atoms with Crippen LogP contribution in [-0.2, 0) is 23.8 Å². The molecule has 1 amide bonds. The summed E-state index contributed by atoms with van der Waals surface area (Å²) in [6.07, 6.45) is 7.81. The number of carbonyl (C=O) groups is 3. The molecule has 0 spiro atoms. The van der Waals surface area contributed by atoms with Crippen molar-refractivity contribution in [2.45, 2.75) is 52.2 Å². The van der Waals surface area contributed by atoms with E-state index in [1.54, 1.807) is 28.2 Å². The summed E-state index contributed by atoms with van der Waals surface area (Å²) in [4.78, 5) is 41.1. The van der Waals surface area contributed by atoms with Crippen LogP contribution < -0.4 is 10.2 Å². The van der Waals surface area contributed by atoms with E-state index in [2.05, 4.69) is 5.32 Å². The molecule has 0 atom stereocenters. The van der Waals surface area contributed by atoms with Gasteiger partial charge in [-0.05, 0) is 70.4 Å². The predicted octanol–water partition coefficient (Wildman–Crippen LogP) is 4.30. The Hall–Kier alpha value is -3.75. The summed E-state index contributed by atoms with van der Waals surface area (Å²) in [7, 11) is 2.54. The molecule has 9 heteroatoms. The highest BCUT2D eigenvalue weighted by Crippen LogP contribution is 2.34. The van der Waals surface area contributed by atoms with Crippen molar-refractivity contribution in [1.29, 1.82) is 0 Å². The van der Waals surface area contributed by atoms with Crippen LogP contribution in [0.15, 0.2) is 53.9 Å². The molecule has 36 heavy (non-hydrogen) atoms. The molecule has 0 saturated carbocycles. The van der Waals surface area contributed by atoms with E-state index in [4.69, 9.17) is 14.2 Å². The van der Waals surface area contributed by atoms with Crippen LogP contribution in [0.1, 0.15) is 39.2 Å². The first kappa shape index (κ1) is 26.8. The number of anilines is 2. The number of ether oxygens (including phenoxy) is 3. The minimum atomic E-state index is -0.663. The van der Waals surface area contributed by atoms with Gasteiger partial charge < -0.3 is 29.3 Å². The van der Waals surface area contributed by atoms with Crippen LogP contribution in [0.25, 0.3) is 0 Å². The van der Waals surface area contributed by atoms with Gasteiger partial charge in [-0.2, -0.15) is 0 Å². The van der Waals surface area contributed by atoms with Gasteiger partial charge in [-0.15, -0.1) is 0 Å². The molecule has 2 heterocycles. The normalized spacial score (nSPS) is 16.5. The highest BCUT2D eigenvalue weighted by molar-refractivity contribution is 6.06. The lowest BCUT2D eigenvalue weighted by Crippen LogP contribution is -2.44. The summed E-state index contributed by atoms with van der Waals surface area (Å²) in [5, 5.41) is 3.59. The van der Waals surface area contributed by atoms with Gasteiger partial charge in [-0.3, -0.25) is 0 Å². The number of hydrogen-bond acceptors (Lipinski definition) is 8. The molecule has 9 nitrogen and oxygen atoms in total. The molecule has 3 rings (SSSR count). The SMILES string of the molecule is COC(=O)C1=C(C(=O)OC)N(c2ccc(C)cc2NC2CCN(C(=O)OC(C)(C)C)CC2)C=CC=C1. The largest absolute Gasteiger partial charge is 0.465 e. The molecule has 0 unspecified atom stereocenters. The Kier molecular flexibility index (Phi) is 8.45. The number of piperidine rings is 1. The maximum Gasteiger partial charge on any atom is 0.410 e. The summed E-state index contributed by atoms with van der Waals surface area (Å²) < 4.78 is 15.4. The standard InChI is InChI=1S/C27H35N3O6/c1-18-10-11-22(30-14-8-7-9-20(24(31)34-5)23(30)25(32)35-6)21(17-18)28-19-12-15-29(16-13-19)26(33)36-27(2,3)4/h7-11,14,17,19,28H,12-13,15-16H2,1-6H3. The van der Waals surface area contributed by atoms with E-state index >= 15 is 0 Å². The summed E-state index contributed by atoms with van der Waals surface area (Å²) >= 11 is 0. The second-order valence-electron chi connectivity index (χ2n) is 9.72. The van der Waals surface area contributed by atoms with Crippen LogP contribution in [-0.4, -0.2) is 61.9 Å². The Morgan fingerprint density at radius 3 is 2.28 bits per heavy atom. The number of likely N-dealkylation sites (tertiary alicyclic amines) is 1. The minimum Gasteiger partial charge on any atom is -0.465 e. The number of aryl methyl sites for hydroxylation is 1. The van der Waals surface area contributed by atoms with Gasteiger partial charge in [0.05, 0.1) is 31.2 Å². The van der Waals surface area contributed by atoms with Crippen molar-refractivity contribution < 1.29 is 28.6 Å². The number of nitrogens with one attached hydrogen (secondary N) is 1. The number of carbonyl (C=O) groups excluding carboxylic acids is 3. The van der Waals surface area contributed by atoms with E-state index < -0.39 is 17.5 Å². The van der Waals surface area contributed by atoms with Crippen LogP contribution in [0.4, 0.5) is 16.2 Å². The van der Waals surface area contributed by atoms with Crippen molar-refractivity contribution in [3.63, 3.8) is 0 Å². The van der Waals surface area contributed by atoms with Gasteiger partial charge in [0.1, 0.15) is 11.3 Å². The fourth-order valence-electron chi connectivity index (χ4n) is 4.08. The smallest absolute Gasteiger partial charge is 0.410 e. The summed E-state index contributed by atoms with van der Waals surface area (Å²) in [5.41, 5.74) is 2.11. The molecule has 1 aromatic carbocycles. The third kappa shape index (κ3) is 6.47. The number of benzene rings is 1. The number of amides is 1. The fourth-order valence-corrected chi connectivity index (χ4v) is 4.08. The second kappa shape index (κ2) is 11.3. The summed E-state index contributed by atoms with van der Waals surface area (Å²) in [5.74, 6) is -1.31. The Morgan fingerprint density at radius 1 is 1.00 bits per heavy atom. The van der Waals surface area contributed by atoms with Gasteiger partial charge in [0.25, 0.3) is 0 Å². The maximum atomic E-state index is 12.8. The van der Waals surface area contributed by atoms with Gasteiger partial charge in [-0.1, -0.05) is 12.1 Å². The zero-order valence-corrected chi connectivity index (χ0v) is 21.8. The lowest BCUT2D eigenvalue weighted by atomic mass is 10.0. The van der Waals surface area contributed by atoms with Gasteiger partial charge >= 0.3 is 18.0 Å². The Labute approximate surface area is 212 Å². The Bertz CT molecular complexity index is 1090. The van der Waals surface area contributed by atoms with Gasteiger partial charge in [0.15, 0.2) is 0 Å². The third-order valence-electron chi connectivity index (χ3n) is 5.81. The summed E-state index contributed by atoms with van der Waals surface area (Å²) in [6, 6.07) is 5.92. The van der Waals surface area contributed by atoms with Gasteiger partial charge in [-0.25, -0.2) is 14.4 Å². The zero-order chi connectivity index (χ0) is 26.5. The number of allylic oxidation sites excluding steroid dienone is 2. The first-order chi connectivity index (χ1) is 17.0. The number of esters is 2. The third-order valence-corrected chi connectivity index (χ3v) is 5.81. The monoisotopic (exact) mass is 497 g/mol.